The summed E-state index contributed by atoms with van der Waals surface area (Å²) < 4.78 is 0. The van der Waals surface area contributed by atoms with E-state index in [0.717, 1.165) is 0 Å². The molecule has 0 aliphatic heterocycles. The number of halogens is 1. The van der Waals surface area contributed by atoms with Crippen molar-refractivity contribution in [2.45, 2.75) is 33.3 Å². The first-order valence-corrected chi connectivity index (χ1v) is 8.61. The minimum Gasteiger partial charge on any atom is -0.378 e. The van der Waals surface area contributed by atoms with Crippen LogP contribution in [-0.2, 0) is 14.4 Å². The fourth-order valence-electron chi connectivity index (χ4n) is 2.92. The zero-order valence-electron chi connectivity index (χ0n) is 14.5. The first-order chi connectivity index (χ1) is 11.7. The van der Waals surface area contributed by atoms with Crippen molar-refractivity contribution in [3.63, 3.8) is 0 Å². The highest BCUT2D eigenvalue weighted by molar-refractivity contribution is 6.30. The van der Waals surface area contributed by atoms with E-state index in [0.29, 0.717) is 21.7 Å². The van der Waals surface area contributed by atoms with Crippen LogP contribution in [0.25, 0.3) is 0 Å². The Bertz CT molecular complexity index is 723. The Hall–Kier alpha value is -1.98. The summed E-state index contributed by atoms with van der Waals surface area (Å²) in [6.07, 6.45) is -1.04. The third kappa shape index (κ3) is 4.17. The number of aliphatic hydroxyl groups is 1. The molecular weight excluding hydrogens is 342 g/mol. The maximum atomic E-state index is 12.4. The lowest BCUT2D eigenvalue weighted by Gasteiger charge is -2.26. The van der Waals surface area contributed by atoms with E-state index in [1.807, 2.05) is 0 Å². The molecule has 0 radical (unpaired) electrons. The van der Waals surface area contributed by atoms with Gasteiger partial charge in [-0.15, -0.1) is 0 Å². The minimum atomic E-state index is -1.31. The molecule has 0 bridgehead atoms. The number of benzene rings is 1. The van der Waals surface area contributed by atoms with E-state index in [-0.39, 0.29) is 36.4 Å². The lowest BCUT2D eigenvalue weighted by molar-refractivity contribution is -0.130. The van der Waals surface area contributed by atoms with E-state index in [9.17, 15) is 19.5 Å². The van der Waals surface area contributed by atoms with Gasteiger partial charge in [0.15, 0.2) is 17.7 Å². The molecule has 1 aliphatic carbocycles. The molecule has 1 amide bonds. The molecule has 134 valence electrons. The van der Waals surface area contributed by atoms with Crippen molar-refractivity contribution < 1.29 is 19.5 Å². The van der Waals surface area contributed by atoms with Gasteiger partial charge in [-0.2, -0.15) is 0 Å². The number of aliphatic hydroxyl groups excluding tert-OH is 1. The summed E-state index contributed by atoms with van der Waals surface area (Å²) >= 11 is 5.78. The zero-order chi connectivity index (χ0) is 18.7. The van der Waals surface area contributed by atoms with Crippen LogP contribution in [0.4, 0.5) is 0 Å². The molecule has 25 heavy (non-hydrogen) atoms. The number of allylic oxidation sites excluding steroid dienone is 1. The monoisotopic (exact) mass is 363 g/mol. The molecule has 0 saturated carbocycles. The second-order valence-corrected chi connectivity index (χ2v) is 6.84. The Labute approximate surface area is 152 Å². The minimum absolute atomic E-state index is 0.0189. The van der Waals surface area contributed by atoms with Gasteiger partial charge in [-0.1, -0.05) is 37.6 Å². The molecule has 3 atom stereocenters. The van der Waals surface area contributed by atoms with Gasteiger partial charge in [0, 0.05) is 29.0 Å². The van der Waals surface area contributed by atoms with Crippen LogP contribution < -0.4 is 5.32 Å². The summed E-state index contributed by atoms with van der Waals surface area (Å²) in [5.41, 5.74) is 1.38. The zero-order valence-corrected chi connectivity index (χ0v) is 15.3. The Morgan fingerprint density at radius 1 is 1.16 bits per heavy atom. The van der Waals surface area contributed by atoms with Crippen molar-refractivity contribution in [3.8, 4) is 0 Å². The van der Waals surface area contributed by atoms with Gasteiger partial charge in [0.25, 0.3) is 5.91 Å². The van der Waals surface area contributed by atoms with E-state index < -0.39 is 12.0 Å². The number of amides is 1. The molecule has 2 rings (SSSR count). The van der Waals surface area contributed by atoms with Crippen LogP contribution >= 0.6 is 11.6 Å². The van der Waals surface area contributed by atoms with Crippen LogP contribution in [0.2, 0.25) is 5.02 Å². The molecular formula is C19H22ClNO4. The van der Waals surface area contributed by atoms with E-state index in [2.05, 4.69) is 5.32 Å². The van der Waals surface area contributed by atoms with Crippen LogP contribution in [0.3, 0.4) is 0 Å². The quantitative estimate of drug-likeness (QED) is 0.842. The summed E-state index contributed by atoms with van der Waals surface area (Å²) in [6.45, 7) is 5.34. The summed E-state index contributed by atoms with van der Waals surface area (Å²) in [7, 11) is 0. The molecule has 0 spiro atoms. The molecule has 5 nitrogen and oxygen atoms in total. The average Bonchev–Trinajstić information content (AvgIpc) is 2.61. The standard InChI is InChI=1S/C19H22ClNO4/c1-10-11(2)17(23)15(12(3)16(10)22)8-9-21-19(25)18(24)13-4-6-14(20)7-5-13/h4-7,10-11,18,24H,8-9H2,1-3H3,(H,21,25). The Morgan fingerprint density at radius 3 is 2.32 bits per heavy atom. The lowest BCUT2D eigenvalue weighted by atomic mass is 9.75. The molecule has 1 aliphatic rings. The van der Waals surface area contributed by atoms with Gasteiger partial charge in [-0.25, -0.2) is 0 Å². The number of hydrogen-bond donors (Lipinski definition) is 2. The first kappa shape index (κ1) is 19.3. The van der Waals surface area contributed by atoms with Crippen LogP contribution in [0, 0.1) is 11.8 Å². The number of carbonyl (C=O) groups is 3. The smallest absolute Gasteiger partial charge is 0.253 e. The molecule has 1 aromatic carbocycles. The fraction of sp³-hybridized carbons (Fsp3) is 0.421. The predicted molar refractivity (Wildman–Crippen MR) is 95.1 cm³/mol. The third-order valence-electron chi connectivity index (χ3n) is 4.81. The number of nitrogens with one attached hydrogen (secondary N) is 1. The highest BCUT2D eigenvalue weighted by atomic mass is 35.5. The number of Topliss-reactive ketones (excluding diaryl/α,β-unsaturated/α-hetero) is 2. The van der Waals surface area contributed by atoms with Gasteiger partial charge in [0.1, 0.15) is 0 Å². The molecule has 0 heterocycles. The van der Waals surface area contributed by atoms with Crippen molar-refractivity contribution in [1.82, 2.24) is 5.32 Å². The van der Waals surface area contributed by atoms with Gasteiger partial charge in [0.05, 0.1) is 0 Å². The largest absolute Gasteiger partial charge is 0.378 e. The number of ketones is 2. The highest BCUT2D eigenvalue weighted by Gasteiger charge is 2.35. The van der Waals surface area contributed by atoms with Crippen LogP contribution in [0.1, 0.15) is 38.9 Å². The first-order valence-electron chi connectivity index (χ1n) is 8.23. The predicted octanol–water partition coefficient (Wildman–Crippen LogP) is 2.62. The van der Waals surface area contributed by atoms with E-state index in [1.165, 1.54) is 0 Å². The summed E-state index contributed by atoms with van der Waals surface area (Å²) in [4.78, 5) is 36.6. The molecule has 2 N–H and O–H groups in total. The van der Waals surface area contributed by atoms with E-state index in [4.69, 9.17) is 11.6 Å². The maximum absolute atomic E-state index is 12.4. The molecule has 0 aromatic heterocycles. The lowest BCUT2D eigenvalue weighted by Crippen LogP contribution is -2.36. The molecule has 0 saturated heterocycles. The average molecular weight is 364 g/mol. The van der Waals surface area contributed by atoms with Gasteiger partial charge < -0.3 is 10.4 Å². The van der Waals surface area contributed by atoms with Crippen molar-refractivity contribution in [2.24, 2.45) is 11.8 Å². The van der Waals surface area contributed by atoms with Gasteiger partial charge in [-0.05, 0) is 36.6 Å². The van der Waals surface area contributed by atoms with Gasteiger partial charge in [0.2, 0.25) is 0 Å². The number of hydrogen-bond acceptors (Lipinski definition) is 4. The maximum Gasteiger partial charge on any atom is 0.253 e. The Morgan fingerprint density at radius 2 is 1.72 bits per heavy atom. The molecule has 3 unspecified atom stereocenters. The second kappa shape index (κ2) is 7.93. The number of rotatable bonds is 5. The van der Waals surface area contributed by atoms with Crippen molar-refractivity contribution in [1.29, 1.82) is 0 Å². The molecule has 0 fully saturated rings. The normalized spacial score (nSPS) is 22.1. The van der Waals surface area contributed by atoms with Crippen LogP contribution in [-0.4, -0.2) is 29.1 Å². The summed E-state index contributed by atoms with van der Waals surface area (Å²) in [5, 5.41) is 13.2. The highest BCUT2D eigenvalue weighted by Crippen LogP contribution is 2.29. The van der Waals surface area contributed by atoms with E-state index in [1.54, 1.807) is 45.0 Å². The van der Waals surface area contributed by atoms with Crippen molar-refractivity contribution in [2.75, 3.05) is 6.54 Å². The molecule has 1 aromatic rings. The summed E-state index contributed by atoms with van der Waals surface area (Å²) in [5.74, 6) is -1.28. The van der Waals surface area contributed by atoms with E-state index >= 15 is 0 Å². The van der Waals surface area contributed by atoms with Gasteiger partial charge in [-0.3, -0.25) is 14.4 Å². The third-order valence-corrected chi connectivity index (χ3v) is 5.06. The number of carbonyl (C=O) groups excluding carboxylic acids is 3. The topological polar surface area (TPSA) is 83.5 Å². The van der Waals surface area contributed by atoms with Crippen LogP contribution in [0.5, 0.6) is 0 Å². The SMILES string of the molecule is CC1=C(CCNC(=O)C(O)c2ccc(Cl)cc2)C(=O)C(C)C(C)C1=O. The Balaban J connectivity index is 1.97. The summed E-state index contributed by atoms with van der Waals surface area (Å²) in [6, 6.07) is 6.34. The van der Waals surface area contributed by atoms with Crippen molar-refractivity contribution in [3.05, 3.63) is 46.0 Å². The van der Waals surface area contributed by atoms with Gasteiger partial charge >= 0.3 is 0 Å². The Kier molecular flexibility index (Phi) is 6.14. The second-order valence-electron chi connectivity index (χ2n) is 6.40. The molecule has 6 heteroatoms. The van der Waals surface area contributed by atoms with Crippen LogP contribution in [0.15, 0.2) is 35.4 Å². The van der Waals surface area contributed by atoms with Crippen molar-refractivity contribution >= 4 is 29.1 Å². The fourth-order valence-corrected chi connectivity index (χ4v) is 3.04.